The molecule has 0 saturated carbocycles. The average molecular weight is 495 g/mol. The van der Waals surface area contributed by atoms with E-state index in [9.17, 15) is 22.4 Å². The number of anilines is 1. The first-order chi connectivity index (χ1) is 17.9. The zero-order valence-electron chi connectivity index (χ0n) is 21.1. The minimum Gasteiger partial charge on any atom is -0.479 e. The molecule has 0 radical (unpaired) electrons. The average Bonchev–Trinajstić information content (AvgIpc) is 3.52. The zero-order chi connectivity index (χ0) is 27.4. The lowest BCUT2D eigenvalue weighted by Gasteiger charge is -2.19. The standard InChI is InChI=1S/C21H20F4N8O2/c1-11(34)31-8-16(21(24,25)10-31)26-20-27-19(35-2)18-13(5-6-32(18)29-20)12-3-4-14-15(7-12)33(30-28-14)9-17(22)23/h3-7,16-17H,8-10H2,1-2H3,(H,26,29)/t16-/m1/s1/i1D3. The van der Waals surface area contributed by atoms with Crippen molar-refractivity contribution >= 4 is 28.4 Å². The first-order valence-corrected chi connectivity index (χ1v) is 10.4. The normalized spacial score (nSPS) is 19.2. The number of nitrogens with zero attached hydrogens (tertiary/aromatic N) is 7. The van der Waals surface area contributed by atoms with Crippen LogP contribution in [0.2, 0.25) is 0 Å². The molecule has 0 bridgehead atoms. The van der Waals surface area contributed by atoms with Crippen LogP contribution in [0.1, 0.15) is 11.0 Å². The summed E-state index contributed by atoms with van der Waals surface area (Å²) in [5.41, 5.74) is 2.36. The lowest BCUT2D eigenvalue weighted by atomic mass is 10.1. The van der Waals surface area contributed by atoms with E-state index in [2.05, 4.69) is 25.7 Å². The van der Waals surface area contributed by atoms with Gasteiger partial charge in [0.15, 0.2) is 0 Å². The Hall–Kier alpha value is -3.97. The van der Waals surface area contributed by atoms with E-state index in [0.717, 1.165) is 4.68 Å². The molecule has 184 valence electrons. The number of fused-ring (bicyclic) bond motifs is 2. The third-order valence-electron chi connectivity index (χ3n) is 5.71. The number of carbonyl (C=O) groups excluding carboxylic acids is 1. The van der Waals surface area contributed by atoms with Gasteiger partial charge in [-0.3, -0.25) is 4.79 Å². The van der Waals surface area contributed by atoms with Gasteiger partial charge in [-0.05, 0) is 23.8 Å². The Labute approximate surface area is 199 Å². The van der Waals surface area contributed by atoms with E-state index in [1.54, 1.807) is 24.3 Å². The van der Waals surface area contributed by atoms with E-state index >= 15 is 0 Å². The van der Waals surface area contributed by atoms with Crippen molar-refractivity contribution in [3.63, 3.8) is 0 Å². The first kappa shape index (κ1) is 19.3. The molecule has 10 nitrogen and oxygen atoms in total. The third kappa shape index (κ3) is 4.08. The number of aromatic nitrogens is 6. The number of ether oxygens (including phenoxy) is 1. The fraction of sp³-hybridized carbons (Fsp3) is 0.381. The molecule has 1 saturated heterocycles. The van der Waals surface area contributed by atoms with Gasteiger partial charge in [-0.15, -0.1) is 10.2 Å². The Bertz CT molecular complexity index is 1520. The van der Waals surface area contributed by atoms with Gasteiger partial charge in [0.25, 0.3) is 12.3 Å². The van der Waals surface area contributed by atoms with E-state index < -0.39 is 50.8 Å². The number of benzene rings is 1. The topological polar surface area (TPSA) is 102 Å². The second kappa shape index (κ2) is 8.36. The summed E-state index contributed by atoms with van der Waals surface area (Å²) in [6.45, 7) is -5.29. The smallest absolute Gasteiger partial charge is 0.286 e. The van der Waals surface area contributed by atoms with Crippen molar-refractivity contribution in [1.29, 1.82) is 0 Å². The molecule has 1 amide bonds. The van der Waals surface area contributed by atoms with Gasteiger partial charge >= 0.3 is 0 Å². The Kier molecular flexibility index (Phi) is 4.62. The highest BCUT2D eigenvalue weighted by Crippen LogP contribution is 2.34. The van der Waals surface area contributed by atoms with Crippen molar-refractivity contribution in [2.45, 2.75) is 31.8 Å². The predicted octanol–water partition coefficient (Wildman–Crippen LogP) is 2.69. The molecule has 1 N–H and O–H groups in total. The van der Waals surface area contributed by atoms with Gasteiger partial charge in [0.05, 0.1) is 19.2 Å². The van der Waals surface area contributed by atoms with Gasteiger partial charge in [-0.1, -0.05) is 11.3 Å². The van der Waals surface area contributed by atoms with Gasteiger partial charge in [0.1, 0.15) is 23.6 Å². The van der Waals surface area contributed by atoms with Crippen molar-refractivity contribution in [2.75, 3.05) is 25.5 Å². The molecule has 1 aliphatic rings. The molecule has 4 heterocycles. The Morgan fingerprint density at radius 1 is 1.37 bits per heavy atom. The molecule has 0 unspecified atom stereocenters. The predicted molar refractivity (Wildman–Crippen MR) is 117 cm³/mol. The van der Waals surface area contributed by atoms with Crippen molar-refractivity contribution in [3.05, 3.63) is 30.5 Å². The van der Waals surface area contributed by atoms with Gasteiger partial charge in [-0.2, -0.15) is 4.98 Å². The van der Waals surface area contributed by atoms with Crippen molar-refractivity contribution in [3.8, 4) is 17.0 Å². The number of carbonyl (C=O) groups is 1. The molecule has 1 aliphatic heterocycles. The highest BCUT2D eigenvalue weighted by atomic mass is 19.3. The number of hydrogen-bond donors (Lipinski definition) is 1. The fourth-order valence-electron chi connectivity index (χ4n) is 4.07. The SMILES string of the molecule is [2H]C([2H])([2H])C(=O)N1C[C@@H](Nc2nc(OC)c3c(-c4ccc5nnn(CC(F)F)c5c4)ccn3n2)C(F)(F)C1. The number of amides is 1. The molecule has 4 aromatic rings. The van der Waals surface area contributed by atoms with Crippen LogP contribution in [0.4, 0.5) is 23.5 Å². The number of methoxy groups -OCH3 is 1. The van der Waals surface area contributed by atoms with Crippen LogP contribution in [0.5, 0.6) is 5.88 Å². The fourth-order valence-corrected chi connectivity index (χ4v) is 4.07. The second-order valence-corrected chi connectivity index (χ2v) is 7.98. The molecule has 35 heavy (non-hydrogen) atoms. The summed E-state index contributed by atoms with van der Waals surface area (Å²) < 4.78 is 84.6. The van der Waals surface area contributed by atoms with E-state index in [0.29, 0.717) is 32.6 Å². The van der Waals surface area contributed by atoms with Crippen LogP contribution in [0, 0.1) is 0 Å². The molecule has 0 spiro atoms. The first-order valence-electron chi connectivity index (χ1n) is 11.9. The van der Waals surface area contributed by atoms with E-state index in [1.165, 1.54) is 17.8 Å². The van der Waals surface area contributed by atoms with Gasteiger partial charge in [-0.25, -0.2) is 26.8 Å². The summed E-state index contributed by atoms with van der Waals surface area (Å²) >= 11 is 0. The van der Waals surface area contributed by atoms with Crippen LogP contribution in [-0.2, 0) is 11.3 Å². The highest BCUT2D eigenvalue weighted by molar-refractivity contribution is 5.89. The van der Waals surface area contributed by atoms with Crippen LogP contribution in [-0.4, -0.2) is 79.0 Å². The molecular formula is C21H20F4N8O2. The van der Waals surface area contributed by atoms with Gasteiger partial charge < -0.3 is 15.0 Å². The van der Waals surface area contributed by atoms with E-state index in [1.807, 2.05) is 0 Å². The molecule has 1 aromatic carbocycles. The molecule has 3 aromatic heterocycles. The molecule has 5 rings (SSSR count). The number of halogens is 4. The Morgan fingerprint density at radius 3 is 2.94 bits per heavy atom. The zero-order valence-corrected chi connectivity index (χ0v) is 18.1. The molecule has 1 atom stereocenters. The number of rotatable bonds is 6. The second-order valence-electron chi connectivity index (χ2n) is 7.98. The van der Waals surface area contributed by atoms with Crippen LogP contribution >= 0.6 is 0 Å². The minimum atomic E-state index is -3.45. The van der Waals surface area contributed by atoms with Crippen molar-refractivity contribution in [2.24, 2.45) is 0 Å². The molecule has 1 fully saturated rings. The number of likely N-dealkylation sites (tertiary alicyclic amines) is 1. The third-order valence-corrected chi connectivity index (χ3v) is 5.71. The summed E-state index contributed by atoms with van der Waals surface area (Å²) in [4.78, 5) is 16.8. The number of hydrogen-bond acceptors (Lipinski definition) is 7. The van der Waals surface area contributed by atoms with Crippen LogP contribution < -0.4 is 10.1 Å². The lowest BCUT2D eigenvalue weighted by molar-refractivity contribution is -0.129. The molecular weight excluding hydrogens is 472 g/mol. The molecule has 0 aliphatic carbocycles. The van der Waals surface area contributed by atoms with Gasteiger partial charge in [0, 0.05) is 29.3 Å². The largest absolute Gasteiger partial charge is 0.479 e. The maximum absolute atomic E-state index is 14.6. The lowest BCUT2D eigenvalue weighted by Crippen LogP contribution is -2.38. The van der Waals surface area contributed by atoms with Crippen LogP contribution in [0.3, 0.4) is 0 Å². The van der Waals surface area contributed by atoms with Crippen molar-refractivity contribution in [1.82, 2.24) is 34.5 Å². The molecule has 14 heteroatoms. The summed E-state index contributed by atoms with van der Waals surface area (Å²) in [5.74, 6) is -5.02. The Balaban J connectivity index is 1.47. The quantitative estimate of drug-likeness (QED) is 0.411. The monoisotopic (exact) mass is 495 g/mol. The number of nitrogens with one attached hydrogen (secondary N) is 1. The summed E-state index contributed by atoms with van der Waals surface area (Å²) in [7, 11) is 1.33. The Morgan fingerprint density at radius 2 is 2.20 bits per heavy atom. The van der Waals surface area contributed by atoms with E-state index in [4.69, 9.17) is 8.85 Å². The van der Waals surface area contributed by atoms with Gasteiger partial charge in [0.2, 0.25) is 17.7 Å². The summed E-state index contributed by atoms with van der Waals surface area (Å²) in [5, 5.41) is 14.4. The highest BCUT2D eigenvalue weighted by Gasteiger charge is 2.49. The maximum atomic E-state index is 14.6. The van der Waals surface area contributed by atoms with E-state index in [-0.39, 0.29) is 11.8 Å². The number of alkyl halides is 4. The maximum Gasteiger partial charge on any atom is 0.286 e. The summed E-state index contributed by atoms with van der Waals surface area (Å²) in [6, 6.07) is 4.99. The minimum absolute atomic E-state index is 0.0264. The van der Waals surface area contributed by atoms with Crippen molar-refractivity contribution < 1.29 is 31.2 Å². The van der Waals surface area contributed by atoms with Crippen LogP contribution in [0.25, 0.3) is 27.7 Å². The summed E-state index contributed by atoms with van der Waals surface area (Å²) in [6.07, 6.45) is -1.08. The van der Waals surface area contributed by atoms with Crippen LogP contribution in [0.15, 0.2) is 30.5 Å².